The zero-order valence-corrected chi connectivity index (χ0v) is 14.3. The van der Waals surface area contributed by atoms with Gasteiger partial charge in [0.05, 0.1) is 6.21 Å². The van der Waals surface area contributed by atoms with Crippen LogP contribution < -0.4 is 5.43 Å². The van der Waals surface area contributed by atoms with Gasteiger partial charge in [-0.15, -0.1) is 10.2 Å². The summed E-state index contributed by atoms with van der Waals surface area (Å²) in [5.41, 5.74) is 5.29. The van der Waals surface area contributed by atoms with Crippen molar-refractivity contribution in [2.45, 2.75) is 13.5 Å². The van der Waals surface area contributed by atoms with E-state index in [1.807, 2.05) is 73.7 Å². The Hall–Kier alpha value is -3.61. The van der Waals surface area contributed by atoms with Crippen LogP contribution in [0.5, 0.6) is 0 Å². The number of aromatic nitrogens is 4. The van der Waals surface area contributed by atoms with Crippen molar-refractivity contribution in [2.24, 2.45) is 5.10 Å². The molecule has 130 valence electrons. The molecular weight excluding hydrogens is 328 g/mol. The van der Waals surface area contributed by atoms with Gasteiger partial charge >= 0.3 is 0 Å². The monoisotopic (exact) mass is 346 g/mol. The van der Waals surface area contributed by atoms with Crippen molar-refractivity contribution in [1.29, 1.82) is 0 Å². The molecule has 0 fully saturated rings. The molecule has 0 aliphatic heterocycles. The molecule has 7 nitrogen and oxygen atoms in total. The lowest BCUT2D eigenvalue weighted by Gasteiger charge is -1.98. The molecule has 0 aliphatic carbocycles. The molecule has 7 heteroatoms. The minimum Gasteiger partial charge on any atom is -0.271 e. The van der Waals surface area contributed by atoms with Gasteiger partial charge in [-0.05, 0) is 23.3 Å². The van der Waals surface area contributed by atoms with Gasteiger partial charge in [-0.1, -0.05) is 66.7 Å². The highest BCUT2D eigenvalue weighted by Gasteiger charge is 2.08. The number of rotatable bonds is 6. The van der Waals surface area contributed by atoms with E-state index in [1.54, 1.807) is 6.21 Å². The lowest BCUT2D eigenvalue weighted by Crippen LogP contribution is -2.24. The quantitative estimate of drug-likeness (QED) is 0.549. The molecule has 0 aliphatic rings. The summed E-state index contributed by atoms with van der Waals surface area (Å²) in [5, 5.41) is 16.0. The Bertz CT molecular complexity index is 915. The fourth-order valence-corrected chi connectivity index (χ4v) is 2.23. The number of nitrogens with one attached hydrogen (secondary N) is 1. The van der Waals surface area contributed by atoms with Crippen molar-refractivity contribution in [1.82, 2.24) is 25.6 Å². The second-order valence-corrected chi connectivity index (χ2v) is 5.60. The van der Waals surface area contributed by atoms with Gasteiger partial charge in [0.2, 0.25) is 5.82 Å². The number of hydrogen-bond donors (Lipinski definition) is 1. The molecule has 1 heterocycles. The summed E-state index contributed by atoms with van der Waals surface area (Å²) in [6, 6.07) is 19.3. The molecule has 26 heavy (non-hydrogen) atoms. The molecule has 1 N–H and O–H groups in total. The predicted octanol–water partition coefficient (Wildman–Crippen LogP) is 2.55. The molecular formula is C19H18N6O. The van der Waals surface area contributed by atoms with Gasteiger partial charge in [0.25, 0.3) is 5.91 Å². The standard InChI is InChI=1S/C19H18N6O/c1-15(12-16-8-4-2-5-9-16)13-20-21-18(26)14-25-23-19(22-24-25)17-10-6-3-7-11-17/h2-13H,14H2,1H3,(H,21,26). The van der Waals surface area contributed by atoms with Crippen molar-refractivity contribution in [3.63, 3.8) is 0 Å². The molecule has 0 unspecified atom stereocenters. The zero-order chi connectivity index (χ0) is 18.2. The second kappa shape index (κ2) is 8.48. The van der Waals surface area contributed by atoms with Crippen molar-refractivity contribution in [3.05, 3.63) is 71.8 Å². The van der Waals surface area contributed by atoms with E-state index in [4.69, 9.17) is 0 Å². The number of nitrogens with zero attached hydrogens (tertiary/aromatic N) is 5. The van der Waals surface area contributed by atoms with Gasteiger partial charge in [0, 0.05) is 5.56 Å². The van der Waals surface area contributed by atoms with E-state index >= 15 is 0 Å². The molecule has 1 amide bonds. The second-order valence-electron chi connectivity index (χ2n) is 5.60. The third-order valence-corrected chi connectivity index (χ3v) is 3.42. The number of amides is 1. The molecule has 0 atom stereocenters. The minimum absolute atomic E-state index is 0.0569. The van der Waals surface area contributed by atoms with Crippen LogP contribution in [0.25, 0.3) is 17.5 Å². The average molecular weight is 346 g/mol. The maximum atomic E-state index is 11.9. The fraction of sp³-hybridized carbons (Fsp3) is 0.105. The molecule has 2 aromatic carbocycles. The van der Waals surface area contributed by atoms with E-state index < -0.39 is 0 Å². The highest BCUT2D eigenvalue weighted by molar-refractivity contribution is 5.86. The van der Waals surface area contributed by atoms with E-state index in [0.29, 0.717) is 5.82 Å². The number of allylic oxidation sites excluding steroid dienone is 1. The Kier molecular flexibility index (Phi) is 5.61. The topological polar surface area (TPSA) is 85.1 Å². The van der Waals surface area contributed by atoms with Crippen LogP contribution in [0.3, 0.4) is 0 Å². The minimum atomic E-state index is -0.328. The first-order valence-corrected chi connectivity index (χ1v) is 8.09. The molecule has 0 saturated carbocycles. The van der Waals surface area contributed by atoms with Crippen molar-refractivity contribution >= 4 is 18.2 Å². The molecule has 0 saturated heterocycles. The fourth-order valence-electron chi connectivity index (χ4n) is 2.23. The van der Waals surface area contributed by atoms with Gasteiger partial charge in [-0.25, -0.2) is 5.43 Å². The van der Waals surface area contributed by atoms with Gasteiger partial charge in [-0.3, -0.25) is 4.79 Å². The summed E-state index contributed by atoms with van der Waals surface area (Å²) < 4.78 is 0. The smallest absolute Gasteiger partial charge is 0.263 e. The van der Waals surface area contributed by atoms with Gasteiger partial charge in [-0.2, -0.15) is 9.90 Å². The molecule has 0 bridgehead atoms. The van der Waals surface area contributed by atoms with E-state index in [-0.39, 0.29) is 12.5 Å². The van der Waals surface area contributed by atoms with Crippen LogP contribution in [0.1, 0.15) is 12.5 Å². The lowest BCUT2D eigenvalue weighted by molar-refractivity contribution is -0.122. The maximum Gasteiger partial charge on any atom is 0.263 e. The Labute approximate surface area is 151 Å². The average Bonchev–Trinajstić information content (AvgIpc) is 3.11. The molecule has 3 aromatic rings. The van der Waals surface area contributed by atoms with E-state index in [1.165, 1.54) is 4.80 Å². The SMILES string of the molecule is CC(C=NNC(=O)Cn1nnc(-c2ccccc2)n1)=Cc1ccccc1. The zero-order valence-electron chi connectivity index (χ0n) is 14.3. The van der Waals surface area contributed by atoms with E-state index in [9.17, 15) is 4.79 Å². The largest absolute Gasteiger partial charge is 0.271 e. The molecule has 0 radical (unpaired) electrons. The maximum absolute atomic E-state index is 11.9. The van der Waals surface area contributed by atoms with Gasteiger partial charge in [0.1, 0.15) is 6.54 Å². The Balaban J connectivity index is 1.53. The first-order chi connectivity index (χ1) is 12.7. The van der Waals surface area contributed by atoms with Crippen molar-refractivity contribution in [2.75, 3.05) is 0 Å². The summed E-state index contributed by atoms with van der Waals surface area (Å²) in [4.78, 5) is 13.2. The highest BCUT2D eigenvalue weighted by Crippen LogP contribution is 2.11. The van der Waals surface area contributed by atoms with E-state index in [2.05, 4.69) is 25.9 Å². The van der Waals surface area contributed by atoms with Crippen LogP contribution in [-0.4, -0.2) is 32.3 Å². The Morgan fingerprint density at radius 3 is 2.54 bits per heavy atom. The number of tetrazole rings is 1. The first kappa shape index (κ1) is 17.2. The molecule has 1 aromatic heterocycles. The Morgan fingerprint density at radius 1 is 1.12 bits per heavy atom. The summed E-state index contributed by atoms with van der Waals surface area (Å²) >= 11 is 0. The normalized spacial score (nSPS) is 11.7. The lowest BCUT2D eigenvalue weighted by atomic mass is 10.1. The third-order valence-electron chi connectivity index (χ3n) is 3.42. The van der Waals surface area contributed by atoms with E-state index in [0.717, 1.165) is 16.7 Å². The van der Waals surface area contributed by atoms with Crippen molar-refractivity contribution < 1.29 is 4.79 Å². The molecule has 3 rings (SSSR count). The van der Waals surface area contributed by atoms with Crippen LogP contribution in [0.2, 0.25) is 0 Å². The first-order valence-electron chi connectivity index (χ1n) is 8.09. The third kappa shape index (κ3) is 4.94. The summed E-state index contributed by atoms with van der Waals surface area (Å²) in [7, 11) is 0. The van der Waals surface area contributed by atoms with Gasteiger partial charge < -0.3 is 0 Å². The number of carbonyl (C=O) groups excluding carboxylic acids is 1. The van der Waals surface area contributed by atoms with Crippen LogP contribution in [0.4, 0.5) is 0 Å². The highest BCUT2D eigenvalue weighted by atomic mass is 16.2. The van der Waals surface area contributed by atoms with Crippen LogP contribution in [0.15, 0.2) is 71.3 Å². The Morgan fingerprint density at radius 2 is 1.81 bits per heavy atom. The number of benzene rings is 2. The van der Waals surface area contributed by atoms with Crippen LogP contribution >= 0.6 is 0 Å². The van der Waals surface area contributed by atoms with Crippen LogP contribution in [-0.2, 0) is 11.3 Å². The summed E-state index contributed by atoms with van der Waals surface area (Å²) in [6.07, 6.45) is 3.57. The predicted molar refractivity (Wildman–Crippen MR) is 100.0 cm³/mol. The van der Waals surface area contributed by atoms with Crippen LogP contribution in [0, 0.1) is 0 Å². The number of carbonyl (C=O) groups is 1. The van der Waals surface area contributed by atoms with Crippen molar-refractivity contribution in [3.8, 4) is 11.4 Å². The molecule has 0 spiro atoms. The van der Waals surface area contributed by atoms with Gasteiger partial charge in [0.15, 0.2) is 0 Å². The number of hydrazone groups is 1. The summed E-state index contributed by atoms with van der Waals surface area (Å²) in [6.45, 7) is 1.85. The number of hydrogen-bond acceptors (Lipinski definition) is 5. The summed E-state index contributed by atoms with van der Waals surface area (Å²) in [5.74, 6) is 0.148.